The number of nitrogens with one attached hydrogen (secondary N) is 1. The van der Waals surface area contributed by atoms with Gasteiger partial charge in [-0.25, -0.2) is 24.1 Å². The van der Waals surface area contributed by atoms with Crippen LogP contribution in [0.1, 0.15) is 30.8 Å². The van der Waals surface area contributed by atoms with E-state index in [2.05, 4.69) is 25.6 Å². The third-order valence-electron chi connectivity index (χ3n) is 4.78. The van der Waals surface area contributed by atoms with Gasteiger partial charge in [0.05, 0.1) is 23.1 Å². The van der Waals surface area contributed by atoms with Crippen molar-refractivity contribution in [2.75, 3.05) is 0 Å². The van der Waals surface area contributed by atoms with Crippen LogP contribution in [0.25, 0.3) is 16.6 Å². The fourth-order valence-electron chi connectivity index (χ4n) is 3.20. The fourth-order valence-corrected chi connectivity index (χ4v) is 3.20. The molecule has 2 amide bonds. The molecule has 1 unspecified atom stereocenters. The zero-order valence-electron chi connectivity index (χ0n) is 16.2. The van der Waals surface area contributed by atoms with E-state index in [4.69, 9.17) is 5.73 Å². The Balaban J connectivity index is 1.84. The summed E-state index contributed by atoms with van der Waals surface area (Å²) in [7, 11) is 0. The Hall–Kier alpha value is -3.92. The van der Waals surface area contributed by atoms with Crippen molar-refractivity contribution in [3.8, 4) is 0 Å². The molecule has 0 saturated carbocycles. The Morgan fingerprint density at radius 2 is 2.10 bits per heavy atom. The van der Waals surface area contributed by atoms with E-state index in [0.717, 1.165) is 0 Å². The smallest absolute Gasteiger partial charge is 0.332 e. The summed E-state index contributed by atoms with van der Waals surface area (Å²) in [5, 5.41) is 20.3. The average Bonchev–Trinajstić information content (AvgIpc) is 3.15. The topological polar surface area (TPSA) is 131 Å². The minimum absolute atomic E-state index is 0.0674. The van der Waals surface area contributed by atoms with Gasteiger partial charge in [-0.2, -0.15) is 10.2 Å². The molecule has 4 rings (SSSR count). The summed E-state index contributed by atoms with van der Waals surface area (Å²) in [6, 6.07) is 8.90. The van der Waals surface area contributed by atoms with Crippen LogP contribution in [0.4, 0.5) is 9.18 Å². The van der Waals surface area contributed by atoms with E-state index in [-0.39, 0.29) is 11.3 Å². The second kappa shape index (κ2) is 7.16. The molecule has 9 nitrogen and oxygen atoms in total. The van der Waals surface area contributed by atoms with E-state index >= 15 is 0 Å². The number of imidazole rings is 1. The van der Waals surface area contributed by atoms with Crippen LogP contribution in [0.5, 0.6) is 0 Å². The number of urea groups is 1. The number of fused-ring (bicyclic) bond motifs is 2. The molecule has 0 aliphatic rings. The van der Waals surface area contributed by atoms with Crippen molar-refractivity contribution in [2.24, 2.45) is 10.8 Å². The number of aromatic nitrogens is 4. The van der Waals surface area contributed by atoms with Crippen LogP contribution in [-0.2, 0) is 5.60 Å². The predicted octanol–water partition coefficient (Wildman–Crippen LogP) is 2.06. The van der Waals surface area contributed by atoms with E-state index in [0.29, 0.717) is 28.0 Å². The van der Waals surface area contributed by atoms with Crippen LogP contribution in [0.3, 0.4) is 0 Å². The van der Waals surface area contributed by atoms with Gasteiger partial charge < -0.3 is 10.8 Å². The fraction of sp³-hybridized carbons (Fsp3) is 0.150. The van der Waals surface area contributed by atoms with Crippen molar-refractivity contribution < 1.29 is 14.3 Å². The normalized spacial score (nSPS) is 14.1. The van der Waals surface area contributed by atoms with Gasteiger partial charge >= 0.3 is 6.03 Å². The maximum absolute atomic E-state index is 14.9. The maximum atomic E-state index is 14.9. The first-order chi connectivity index (χ1) is 14.3. The first-order valence-corrected chi connectivity index (χ1v) is 9.00. The molecule has 0 bridgehead atoms. The summed E-state index contributed by atoms with van der Waals surface area (Å²) >= 11 is 0. The van der Waals surface area contributed by atoms with E-state index in [1.165, 1.54) is 23.7 Å². The highest BCUT2D eigenvalue weighted by Crippen LogP contribution is 2.33. The number of carbonyl (C=O) groups excluding carboxylic acids is 1. The van der Waals surface area contributed by atoms with Gasteiger partial charge in [0.1, 0.15) is 17.1 Å². The first kappa shape index (κ1) is 19.4. The lowest BCUT2D eigenvalue weighted by Crippen LogP contribution is -2.27. The van der Waals surface area contributed by atoms with Gasteiger partial charge in [-0.3, -0.25) is 4.98 Å². The summed E-state index contributed by atoms with van der Waals surface area (Å²) in [5.74, 6) is -0.597. The predicted molar refractivity (Wildman–Crippen MR) is 108 cm³/mol. The Kier molecular flexibility index (Phi) is 4.63. The van der Waals surface area contributed by atoms with Crippen molar-refractivity contribution >= 4 is 28.3 Å². The third kappa shape index (κ3) is 3.33. The van der Waals surface area contributed by atoms with Gasteiger partial charge in [0.15, 0.2) is 5.65 Å². The summed E-state index contributed by atoms with van der Waals surface area (Å²) < 4.78 is 16.3. The molecule has 0 aliphatic carbocycles. The largest absolute Gasteiger partial charge is 0.379 e. The molecule has 0 aliphatic heterocycles. The number of hydrogen-bond donors (Lipinski definition) is 3. The van der Waals surface area contributed by atoms with Crippen molar-refractivity contribution in [1.82, 2.24) is 25.0 Å². The lowest BCUT2D eigenvalue weighted by atomic mass is 9.91. The summed E-state index contributed by atoms with van der Waals surface area (Å²) in [6.07, 6.45) is 3.01. The van der Waals surface area contributed by atoms with E-state index in [1.807, 2.05) is 0 Å². The lowest BCUT2D eigenvalue weighted by molar-refractivity contribution is 0.0913. The number of benzene rings is 1. The number of rotatable bonds is 4. The molecular formula is C20H18FN7O2. The minimum atomic E-state index is -1.74. The number of carbonyl (C=O) groups is 1. The number of aliphatic hydroxyl groups is 1. The van der Waals surface area contributed by atoms with E-state index in [1.54, 1.807) is 43.5 Å². The molecule has 0 fully saturated rings. The number of pyridine rings is 1. The summed E-state index contributed by atoms with van der Waals surface area (Å²) in [6.45, 7) is 3.11. The Morgan fingerprint density at radius 1 is 1.30 bits per heavy atom. The average molecular weight is 407 g/mol. The quantitative estimate of drug-likeness (QED) is 0.352. The number of primary amides is 1. The zero-order chi connectivity index (χ0) is 21.5. The van der Waals surface area contributed by atoms with Crippen LogP contribution < -0.4 is 11.2 Å². The van der Waals surface area contributed by atoms with E-state index in [9.17, 15) is 14.3 Å². The van der Waals surface area contributed by atoms with Gasteiger partial charge in [0.2, 0.25) is 0 Å². The molecule has 152 valence electrons. The van der Waals surface area contributed by atoms with Crippen LogP contribution in [0.15, 0.2) is 53.9 Å². The molecule has 0 spiro atoms. The van der Waals surface area contributed by atoms with Crippen molar-refractivity contribution in [1.29, 1.82) is 0 Å². The van der Waals surface area contributed by atoms with Gasteiger partial charge in [0, 0.05) is 23.2 Å². The molecule has 1 aromatic carbocycles. The number of amides is 2. The second-order valence-corrected chi connectivity index (χ2v) is 6.91. The van der Waals surface area contributed by atoms with Gasteiger partial charge in [-0.05, 0) is 38.1 Å². The maximum Gasteiger partial charge on any atom is 0.332 e. The number of hydrazone groups is 1. The number of nitrogens with zero attached hydrogens (tertiary/aromatic N) is 5. The monoisotopic (exact) mass is 407 g/mol. The Morgan fingerprint density at radius 3 is 2.87 bits per heavy atom. The third-order valence-corrected chi connectivity index (χ3v) is 4.78. The molecule has 1 atom stereocenters. The van der Waals surface area contributed by atoms with Crippen LogP contribution >= 0.6 is 0 Å². The Labute approximate surface area is 170 Å². The standard InChI is InChI=1S/C20H18FN7O2/c1-11(25-26-19(22)29)15-5-6-18-24-10-17(28(18)27-15)20(2,30)13-8-12-4-3-7-23-16(12)9-14(13)21/h3-10,30H,1-2H3,(H3,22,26,29)/b25-11-. The highest BCUT2D eigenvalue weighted by Gasteiger charge is 2.33. The molecule has 0 radical (unpaired) electrons. The van der Waals surface area contributed by atoms with Crippen molar-refractivity contribution in [2.45, 2.75) is 19.4 Å². The molecule has 3 aromatic heterocycles. The second-order valence-electron chi connectivity index (χ2n) is 6.91. The van der Waals surface area contributed by atoms with Crippen molar-refractivity contribution in [3.63, 3.8) is 0 Å². The minimum Gasteiger partial charge on any atom is -0.379 e. The van der Waals surface area contributed by atoms with Crippen LogP contribution in [-0.4, -0.2) is 36.4 Å². The number of halogens is 1. The highest BCUT2D eigenvalue weighted by atomic mass is 19.1. The molecule has 10 heteroatoms. The summed E-state index contributed by atoms with van der Waals surface area (Å²) in [4.78, 5) is 19.3. The molecule has 0 saturated heterocycles. The molecule has 30 heavy (non-hydrogen) atoms. The molecule has 4 aromatic rings. The van der Waals surface area contributed by atoms with Gasteiger partial charge in [0.25, 0.3) is 0 Å². The van der Waals surface area contributed by atoms with Gasteiger partial charge in [-0.15, -0.1) is 0 Å². The number of hydrogen-bond acceptors (Lipinski definition) is 6. The SMILES string of the molecule is C/C(=N/NC(N)=O)c1ccc2ncc(C(C)(O)c3cc4cccnc4cc3F)n2n1. The number of nitrogens with two attached hydrogens (primary N) is 1. The molecule has 4 N–H and O–H groups in total. The Bertz CT molecular complexity index is 1310. The molecule has 3 heterocycles. The van der Waals surface area contributed by atoms with Gasteiger partial charge in [-0.1, -0.05) is 6.07 Å². The first-order valence-electron chi connectivity index (χ1n) is 9.00. The van der Waals surface area contributed by atoms with Crippen molar-refractivity contribution in [3.05, 3.63) is 71.6 Å². The zero-order valence-corrected chi connectivity index (χ0v) is 16.2. The molecular weight excluding hydrogens is 389 g/mol. The van der Waals surface area contributed by atoms with E-state index < -0.39 is 17.4 Å². The highest BCUT2D eigenvalue weighted by molar-refractivity contribution is 5.97. The summed E-state index contributed by atoms with van der Waals surface area (Å²) in [5.41, 5.74) is 7.49. The lowest BCUT2D eigenvalue weighted by Gasteiger charge is -2.24. The van der Waals surface area contributed by atoms with Crippen LogP contribution in [0, 0.1) is 5.82 Å². The van der Waals surface area contributed by atoms with Crippen LogP contribution in [0.2, 0.25) is 0 Å².